The maximum Gasteiger partial charge on any atom is 0.213 e. The number of rotatable bonds is 6. The number of aryl methyl sites for hydroxylation is 1. The number of fused-ring (bicyclic) bond motifs is 3. The van der Waals surface area contributed by atoms with Crippen LogP contribution in [0.1, 0.15) is 69.4 Å². The van der Waals surface area contributed by atoms with Crippen LogP contribution < -0.4 is 10.0 Å². The first kappa shape index (κ1) is 21.6. The molecule has 0 bridgehead atoms. The monoisotopic (exact) mass is 433 g/mol. The van der Waals surface area contributed by atoms with Crippen molar-refractivity contribution in [1.82, 2.24) is 10.0 Å². The predicted molar refractivity (Wildman–Crippen MR) is 121 cm³/mol. The molecule has 1 fully saturated rings. The Labute approximate surface area is 180 Å². The number of benzene rings is 1. The molecule has 2 aliphatic carbocycles. The first-order valence-electron chi connectivity index (χ1n) is 11.4. The largest absolute Gasteiger partial charge is 0.508 e. The Balaban J connectivity index is 1.22. The molecule has 2 atom stereocenters. The normalized spacial score (nSPS) is 28.7. The smallest absolute Gasteiger partial charge is 0.213 e. The summed E-state index contributed by atoms with van der Waals surface area (Å²) in [7, 11) is -3.16. The first-order chi connectivity index (χ1) is 14.3. The highest BCUT2D eigenvalue weighted by atomic mass is 32.2. The Morgan fingerprint density at radius 1 is 1.10 bits per heavy atom. The number of amidine groups is 1. The van der Waals surface area contributed by atoms with Crippen LogP contribution in [0.5, 0.6) is 5.75 Å². The van der Waals surface area contributed by atoms with E-state index in [4.69, 9.17) is 4.99 Å². The molecule has 1 aromatic rings. The Kier molecular flexibility index (Phi) is 6.39. The van der Waals surface area contributed by atoms with Crippen LogP contribution >= 0.6 is 0 Å². The summed E-state index contributed by atoms with van der Waals surface area (Å²) in [6.45, 7) is 4.97. The van der Waals surface area contributed by atoms with E-state index in [0.29, 0.717) is 36.1 Å². The fourth-order valence-corrected chi connectivity index (χ4v) is 5.97. The lowest BCUT2D eigenvalue weighted by atomic mass is 9.79. The van der Waals surface area contributed by atoms with Gasteiger partial charge < -0.3 is 10.4 Å². The van der Waals surface area contributed by atoms with Crippen molar-refractivity contribution in [3.05, 3.63) is 29.3 Å². The van der Waals surface area contributed by atoms with Gasteiger partial charge in [0.1, 0.15) is 5.75 Å². The van der Waals surface area contributed by atoms with E-state index in [1.807, 2.05) is 6.07 Å². The molecular formula is C23H35N3O3S. The van der Waals surface area contributed by atoms with Gasteiger partial charge in [0.15, 0.2) is 0 Å². The Morgan fingerprint density at radius 2 is 1.80 bits per heavy atom. The van der Waals surface area contributed by atoms with Crippen molar-refractivity contribution >= 4 is 15.9 Å². The topological polar surface area (TPSA) is 90.8 Å². The summed E-state index contributed by atoms with van der Waals surface area (Å²) < 4.78 is 26.7. The van der Waals surface area contributed by atoms with Crippen LogP contribution in [-0.2, 0) is 16.4 Å². The molecule has 166 valence electrons. The molecule has 1 saturated carbocycles. The molecule has 1 aliphatic heterocycles. The molecule has 30 heavy (non-hydrogen) atoms. The van der Waals surface area contributed by atoms with E-state index in [1.54, 1.807) is 19.9 Å². The number of aliphatic imine (C=N–C) groups is 1. The Bertz CT molecular complexity index is 889. The molecule has 0 amide bonds. The Morgan fingerprint density at radius 3 is 2.50 bits per heavy atom. The molecular weight excluding hydrogens is 398 g/mol. The van der Waals surface area contributed by atoms with Crippen molar-refractivity contribution in [2.24, 2.45) is 16.8 Å². The van der Waals surface area contributed by atoms with E-state index in [2.05, 4.69) is 16.1 Å². The van der Waals surface area contributed by atoms with Crippen LogP contribution in [0.4, 0.5) is 0 Å². The second kappa shape index (κ2) is 8.87. The molecule has 3 N–H and O–H groups in total. The maximum absolute atomic E-state index is 11.9. The van der Waals surface area contributed by atoms with Gasteiger partial charge in [0, 0.05) is 25.4 Å². The molecule has 0 aromatic heterocycles. The fourth-order valence-electron chi connectivity index (χ4n) is 5.16. The lowest BCUT2D eigenvalue weighted by molar-refractivity contribution is 0.275. The number of phenolic OH excluding ortho intramolecular Hbond substituents is 1. The number of hydrogen-bond acceptors (Lipinski definition) is 5. The quantitative estimate of drug-likeness (QED) is 0.642. The van der Waals surface area contributed by atoms with Crippen molar-refractivity contribution in [3.8, 4) is 5.75 Å². The summed E-state index contributed by atoms with van der Waals surface area (Å²) in [5, 5.41) is 13.0. The molecule has 0 saturated heterocycles. The first-order valence-corrected chi connectivity index (χ1v) is 13.0. The van der Waals surface area contributed by atoms with Crippen molar-refractivity contribution in [2.45, 2.75) is 76.0 Å². The lowest BCUT2D eigenvalue weighted by Gasteiger charge is -2.29. The van der Waals surface area contributed by atoms with Gasteiger partial charge in [-0.15, -0.1) is 0 Å². The molecule has 0 spiro atoms. The van der Waals surface area contributed by atoms with E-state index in [1.165, 1.54) is 11.1 Å². The van der Waals surface area contributed by atoms with Crippen molar-refractivity contribution in [3.63, 3.8) is 0 Å². The van der Waals surface area contributed by atoms with E-state index in [9.17, 15) is 13.5 Å². The third-order valence-corrected chi connectivity index (χ3v) is 9.00. The number of hydrogen-bond donors (Lipinski definition) is 3. The van der Waals surface area contributed by atoms with Gasteiger partial charge in [-0.05, 0) is 87.5 Å². The SMILES string of the molecule is CC(C)S(=O)(=O)NCC1CCC(CNC2=N[C@@H]3CCc4cc(O)ccc4[C@@H]3C2)CC1. The highest BCUT2D eigenvalue weighted by molar-refractivity contribution is 7.90. The van der Waals surface area contributed by atoms with Crippen molar-refractivity contribution in [1.29, 1.82) is 0 Å². The number of nitrogens with one attached hydrogen (secondary N) is 2. The van der Waals surface area contributed by atoms with Gasteiger partial charge in [0.2, 0.25) is 10.0 Å². The van der Waals surface area contributed by atoms with Gasteiger partial charge in [-0.25, -0.2) is 13.1 Å². The molecule has 1 aromatic carbocycles. The molecule has 6 nitrogen and oxygen atoms in total. The third-order valence-electron chi connectivity index (χ3n) is 7.19. The molecule has 3 aliphatic rings. The van der Waals surface area contributed by atoms with Gasteiger partial charge in [0.25, 0.3) is 0 Å². The molecule has 0 radical (unpaired) electrons. The molecule has 0 unspecified atom stereocenters. The maximum atomic E-state index is 11.9. The van der Waals surface area contributed by atoms with Gasteiger partial charge in [-0.1, -0.05) is 6.07 Å². The number of aromatic hydroxyl groups is 1. The number of nitrogens with zero attached hydrogens (tertiary/aromatic N) is 1. The summed E-state index contributed by atoms with van der Waals surface area (Å²) >= 11 is 0. The fraction of sp³-hybridized carbons (Fsp3) is 0.696. The van der Waals surface area contributed by atoms with E-state index in [0.717, 1.165) is 57.3 Å². The van der Waals surface area contributed by atoms with Crippen LogP contribution in [0.25, 0.3) is 0 Å². The van der Waals surface area contributed by atoms with Crippen LogP contribution in [0, 0.1) is 11.8 Å². The average molecular weight is 434 g/mol. The highest BCUT2D eigenvalue weighted by Crippen LogP contribution is 2.40. The summed E-state index contributed by atoms with van der Waals surface area (Å²) in [6.07, 6.45) is 7.47. The van der Waals surface area contributed by atoms with E-state index < -0.39 is 10.0 Å². The van der Waals surface area contributed by atoms with Crippen LogP contribution in [0.2, 0.25) is 0 Å². The zero-order valence-electron chi connectivity index (χ0n) is 18.1. The summed E-state index contributed by atoms with van der Waals surface area (Å²) in [4.78, 5) is 4.97. The van der Waals surface area contributed by atoms with Gasteiger partial charge >= 0.3 is 0 Å². The van der Waals surface area contributed by atoms with Crippen LogP contribution in [0.15, 0.2) is 23.2 Å². The number of sulfonamides is 1. The lowest BCUT2D eigenvalue weighted by Crippen LogP contribution is -2.37. The van der Waals surface area contributed by atoms with Gasteiger partial charge in [-0.2, -0.15) is 0 Å². The van der Waals surface area contributed by atoms with Crippen LogP contribution in [0.3, 0.4) is 0 Å². The summed E-state index contributed by atoms with van der Waals surface area (Å²) in [5.74, 6) is 3.03. The van der Waals surface area contributed by atoms with Crippen molar-refractivity contribution in [2.75, 3.05) is 13.1 Å². The van der Waals surface area contributed by atoms with Gasteiger partial charge in [-0.3, -0.25) is 4.99 Å². The molecule has 1 heterocycles. The standard InChI is InChI=1S/C23H35N3O3S/c1-15(2)30(28,29)25-14-17-5-3-16(4-6-17)13-24-23-12-21-20-9-8-19(27)11-18(20)7-10-22(21)26-23/h8-9,11,15-17,21-22,25,27H,3-7,10,12-14H2,1-2H3,(H,24,26)/t16?,17?,21-,22+/m0/s1. The zero-order chi connectivity index (χ0) is 21.3. The zero-order valence-corrected chi connectivity index (χ0v) is 18.9. The van der Waals surface area contributed by atoms with E-state index >= 15 is 0 Å². The predicted octanol–water partition coefficient (Wildman–Crippen LogP) is 3.32. The average Bonchev–Trinajstić information content (AvgIpc) is 3.14. The Hall–Kier alpha value is -1.60. The second-order valence-corrected chi connectivity index (χ2v) is 11.9. The van der Waals surface area contributed by atoms with Crippen molar-refractivity contribution < 1.29 is 13.5 Å². The minimum Gasteiger partial charge on any atom is -0.508 e. The highest BCUT2D eigenvalue weighted by Gasteiger charge is 2.35. The van der Waals surface area contributed by atoms with Gasteiger partial charge in [0.05, 0.1) is 17.1 Å². The minimum absolute atomic E-state index is 0.358. The summed E-state index contributed by atoms with van der Waals surface area (Å²) in [6, 6.07) is 6.16. The number of phenols is 1. The summed E-state index contributed by atoms with van der Waals surface area (Å²) in [5.41, 5.74) is 2.63. The third kappa shape index (κ3) is 4.83. The van der Waals surface area contributed by atoms with E-state index in [-0.39, 0.29) is 5.25 Å². The second-order valence-electron chi connectivity index (χ2n) is 9.59. The van der Waals surface area contributed by atoms with Crippen LogP contribution in [-0.4, -0.2) is 43.7 Å². The molecule has 4 rings (SSSR count). The molecule has 7 heteroatoms. The minimum atomic E-state index is -3.16.